The third kappa shape index (κ3) is 3.92. The zero-order chi connectivity index (χ0) is 17.8. The topological polar surface area (TPSA) is 92.4 Å². The zero-order valence-electron chi connectivity index (χ0n) is 13.5. The molecule has 2 heterocycles. The number of carbonyl (C=O) groups excluding carboxylic acids is 2. The van der Waals surface area contributed by atoms with Gasteiger partial charge in [0.25, 0.3) is 5.91 Å². The number of benzene rings is 1. The van der Waals surface area contributed by atoms with Crippen LogP contribution < -0.4 is 20.7 Å². The largest absolute Gasteiger partial charge is 0.457 e. The third-order valence-corrected chi connectivity index (χ3v) is 3.77. The first-order valence-electron chi connectivity index (χ1n) is 7.76. The van der Waals surface area contributed by atoms with Crippen LogP contribution in [0.3, 0.4) is 0 Å². The van der Waals surface area contributed by atoms with E-state index in [1.165, 1.54) is 37.5 Å². The second-order valence-corrected chi connectivity index (χ2v) is 5.48. The van der Waals surface area contributed by atoms with Gasteiger partial charge >= 0.3 is 0 Å². The molecule has 1 aromatic carbocycles. The second kappa shape index (κ2) is 7.27. The molecule has 1 aliphatic heterocycles. The molecule has 2 aromatic rings. The van der Waals surface area contributed by atoms with Gasteiger partial charge in [0.05, 0.1) is 11.7 Å². The molecular weight excluding hydrogens is 327 g/mol. The molecule has 1 fully saturated rings. The fraction of sp³-hybridized carbons (Fsp3) is 0.235. The summed E-state index contributed by atoms with van der Waals surface area (Å²) in [5.41, 5.74) is 0.282. The molecule has 25 heavy (non-hydrogen) atoms. The van der Waals surface area contributed by atoms with Gasteiger partial charge in [-0.2, -0.15) is 0 Å². The summed E-state index contributed by atoms with van der Waals surface area (Å²) in [6, 6.07) is 6.88. The van der Waals surface area contributed by atoms with Crippen LogP contribution in [-0.2, 0) is 4.79 Å². The molecule has 130 valence electrons. The minimum absolute atomic E-state index is 0.0897. The predicted molar refractivity (Wildman–Crippen MR) is 89.1 cm³/mol. The molecule has 0 spiro atoms. The van der Waals surface area contributed by atoms with Crippen molar-refractivity contribution in [2.24, 2.45) is 0 Å². The van der Waals surface area contributed by atoms with Crippen molar-refractivity contribution < 1.29 is 18.7 Å². The Balaban J connectivity index is 1.70. The number of nitrogens with one attached hydrogen (secondary N) is 3. The first kappa shape index (κ1) is 16.8. The summed E-state index contributed by atoms with van der Waals surface area (Å²) in [6.07, 6.45) is 2.17. The SMILES string of the molecule is CNC(=O)c1cc(Oc2ccc(NC(=O)[C@@H]3CCN3)c(F)c2)ccn1. The predicted octanol–water partition coefficient (Wildman–Crippen LogP) is 1.67. The minimum atomic E-state index is -0.606. The Hall–Kier alpha value is -3.00. The van der Waals surface area contributed by atoms with Crippen LogP contribution >= 0.6 is 0 Å². The number of hydrogen-bond acceptors (Lipinski definition) is 5. The molecule has 0 unspecified atom stereocenters. The fourth-order valence-corrected chi connectivity index (χ4v) is 2.26. The Morgan fingerprint density at radius 3 is 2.68 bits per heavy atom. The molecule has 1 saturated heterocycles. The third-order valence-electron chi connectivity index (χ3n) is 3.77. The summed E-state index contributed by atoms with van der Waals surface area (Å²) in [5, 5.41) is 7.95. The summed E-state index contributed by atoms with van der Waals surface area (Å²) >= 11 is 0. The molecule has 1 aromatic heterocycles. The van der Waals surface area contributed by atoms with Crippen LogP contribution in [0.2, 0.25) is 0 Å². The van der Waals surface area contributed by atoms with E-state index < -0.39 is 5.82 Å². The average Bonchev–Trinajstić information content (AvgIpc) is 2.55. The Morgan fingerprint density at radius 2 is 2.04 bits per heavy atom. The molecule has 3 rings (SSSR count). The van der Waals surface area contributed by atoms with Crippen molar-refractivity contribution >= 4 is 17.5 Å². The second-order valence-electron chi connectivity index (χ2n) is 5.48. The molecule has 1 aliphatic rings. The molecule has 3 N–H and O–H groups in total. The standard InChI is InChI=1S/C17H17FN4O3/c1-19-16(23)15-9-11(4-6-21-15)25-10-2-3-13(12(18)8-10)22-17(24)14-5-7-20-14/h2-4,6,8-9,14,20H,5,7H2,1H3,(H,19,23)(H,22,24)/t14-/m0/s1. The van der Waals surface area contributed by atoms with Gasteiger partial charge in [-0.1, -0.05) is 0 Å². The van der Waals surface area contributed by atoms with Gasteiger partial charge in [-0.3, -0.25) is 14.6 Å². The summed E-state index contributed by atoms with van der Waals surface area (Å²) in [4.78, 5) is 27.3. The maximum atomic E-state index is 14.2. The molecule has 0 saturated carbocycles. The highest BCUT2D eigenvalue weighted by Crippen LogP contribution is 2.26. The van der Waals surface area contributed by atoms with Gasteiger partial charge in [-0.05, 0) is 31.2 Å². The first-order chi connectivity index (χ1) is 12.1. The van der Waals surface area contributed by atoms with E-state index in [1.54, 1.807) is 6.07 Å². The quantitative estimate of drug-likeness (QED) is 0.767. The van der Waals surface area contributed by atoms with Crippen LogP contribution in [-0.4, -0.2) is 36.4 Å². The van der Waals surface area contributed by atoms with E-state index in [0.29, 0.717) is 5.75 Å². The molecular formula is C17H17FN4O3. The molecule has 1 atom stereocenters. The van der Waals surface area contributed by atoms with Gasteiger partial charge in [0, 0.05) is 25.4 Å². The fourth-order valence-electron chi connectivity index (χ4n) is 2.26. The smallest absolute Gasteiger partial charge is 0.269 e. The lowest BCUT2D eigenvalue weighted by molar-refractivity contribution is -0.119. The van der Waals surface area contributed by atoms with E-state index in [-0.39, 0.29) is 35.0 Å². The highest BCUT2D eigenvalue weighted by molar-refractivity contribution is 5.95. The summed E-state index contributed by atoms with van der Waals surface area (Å²) in [7, 11) is 1.50. The van der Waals surface area contributed by atoms with Gasteiger partial charge in [-0.25, -0.2) is 4.39 Å². The molecule has 0 radical (unpaired) electrons. The normalized spacial score (nSPS) is 15.8. The van der Waals surface area contributed by atoms with E-state index in [2.05, 4.69) is 20.9 Å². The number of amides is 2. The molecule has 7 nitrogen and oxygen atoms in total. The number of anilines is 1. The number of rotatable bonds is 5. The molecule has 0 aliphatic carbocycles. The van der Waals surface area contributed by atoms with Crippen LogP contribution in [0.4, 0.5) is 10.1 Å². The molecule has 8 heteroatoms. The summed E-state index contributed by atoms with van der Waals surface area (Å²) in [6.45, 7) is 0.789. The van der Waals surface area contributed by atoms with Crippen molar-refractivity contribution in [2.75, 3.05) is 18.9 Å². The Labute approximate surface area is 143 Å². The summed E-state index contributed by atoms with van der Waals surface area (Å²) in [5.74, 6) is -0.622. The van der Waals surface area contributed by atoms with Gasteiger partial charge < -0.3 is 20.7 Å². The van der Waals surface area contributed by atoms with Crippen molar-refractivity contribution in [1.29, 1.82) is 0 Å². The van der Waals surface area contributed by atoms with Gasteiger partial charge in [0.1, 0.15) is 23.0 Å². The number of halogens is 1. The van der Waals surface area contributed by atoms with E-state index in [4.69, 9.17) is 4.74 Å². The van der Waals surface area contributed by atoms with E-state index in [1.807, 2.05) is 0 Å². The van der Waals surface area contributed by atoms with Crippen molar-refractivity contribution in [1.82, 2.24) is 15.6 Å². The monoisotopic (exact) mass is 344 g/mol. The maximum absolute atomic E-state index is 14.2. The minimum Gasteiger partial charge on any atom is -0.457 e. The number of nitrogens with zero attached hydrogens (tertiary/aromatic N) is 1. The first-order valence-corrected chi connectivity index (χ1v) is 7.76. The zero-order valence-corrected chi connectivity index (χ0v) is 13.5. The lowest BCUT2D eigenvalue weighted by Gasteiger charge is -2.26. The number of pyridine rings is 1. The van der Waals surface area contributed by atoms with Gasteiger partial charge in [-0.15, -0.1) is 0 Å². The van der Waals surface area contributed by atoms with Crippen LogP contribution in [0, 0.1) is 5.82 Å². The number of hydrogen-bond donors (Lipinski definition) is 3. The molecule has 0 bridgehead atoms. The van der Waals surface area contributed by atoms with Crippen molar-refractivity contribution in [3.8, 4) is 11.5 Å². The Morgan fingerprint density at radius 1 is 1.28 bits per heavy atom. The maximum Gasteiger partial charge on any atom is 0.269 e. The summed E-state index contributed by atoms with van der Waals surface area (Å²) < 4.78 is 19.7. The van der Waals surface area contributed by atoms with Crippen molar-refractivity contribution in [3.63, 3.8) is 0 Å². The van der Waals surface area contributed by atoms with E-state index in [9.17, 15) is 14.0 Å². The molecule has 2 amide bonds. The number of ether oxygens (including phenoxy) is 1. The number of aromatic nitrogens is 1. The van der Waals surface area contributed by atoms with Crippen LogP contribution in [0.15, 0.2) is 36.5 Å². The van der Waals surface area contributed by atoms with Gasteiger partial charge in [0.15, 0.2) is 0 Å². The van der Waals surface area contributed by atoms with Crippen LogP contribution in [0.5, 0.6) is 11.5 Å². The van der Waals surface area contributed by atoms with Gasteiger partial charge in [0.2, 0.25) is 5.91 Å². The highest BCUT2D eigenvalue weighted by Gasteiger charge is 2.25. The van der Waals surface area contributed by atoms with E-state index >= 15 is 0 Å². The Bertz CT molecular complexity index is 808. The van der Waals surface area contributed by atoms with Crippen LogP contribution in [0.25, 0.3) is 0 Å². The lowest BCUT2D eigenvalue weighted by Crippen LogP contribution is -2.50. The van der Waals surface area contributed by atoms with E-state index in [0.717, 1.165) is 13.0 Å². The van der Waals surface area contributed by atoms with Crippen molar-refractivity contribution in [2.45, 2.75) is 12.5 Å². The average molecular weight is 344 g/mol. The number of carbonyl (C=O) groups is 2. The van der Waals surface area contributed by atoms with Crippen LogP contribution in [0.1, 0.15) is 16.9 Å². The lowest BCUT2D eigenvalue weighted by atomic mass is 10.1. The highest BCUT2D eigenvalue weighted by atomic mass is 19.1. The Kier molecular flexibility index (Phi) is 4.90. The van der Waals surface area contributed by atoms with Crippen molar-refractivity contribution in [3.05, 3.63) is 48.0 Å².